The molecule has 0 atom stereocenters. The number of halogens is 1. The SMILES string of the molecule is N#Cc1ccc2[nH]cc(CCCN3CCN(c4ccc(-n5cc(F)ccc5=O)cc4)CC3)c2c1. The van der Waals surface area contributed by atoms with Crippen LogP contribution in [0, 0.1) is 17.1 Å². The minimum Gasteiger partial charge on any atom is -0.369 e. The van der Waals surface area contributed by atoms with E-state index in [0.29, 0.717) is 11.3 Å². The summed E-state index contributed by atoms with van der Waals surface area (Å²) in [6.45, 7) is 4.92. The average molecular weight is 456 g/mol. The second-order valence-corrected chi connectivity index (χ2v) is 8.69. The van der Waals surface area contributed by atoms with Gasteiger partial charge in [-0.3, -0.25) is 14.3 Å². The maximum absolute atomic E-state index is 13.5. The van der Waals surface area contributed by atoms with Crippen molar-refractivity contribution < 1.29 is 4.39 Å². The Labute approximate surface area is 197 Å². The van der Waals surface area contributed by atoms with Crippen molar-refractivity contribution in [1.82, 2.24) is 14.5 Å². The quantitative estimate of drug-likeness (QED) is 0.476. The van der Waals surface area contributed by atoms with Gasteiger partial charge in [-0.05, 0) is 73.5 Å². The Morgan fingerprint density at radius 3 is 2.50 bits per heavy atom. The highest BCUT2D eigenvalue weighted by atomic mass is 19.1. The van der Waals surface area contributed by atoms with Crippen molar-refractivity contribution in [2.24, 2.45) is 0 Å². The third-order valence-electron chi connectivity index (χ3n) is 6.56. The minimum atomic E-state index is -0.434. The van der Waals surface area contributed by atoms with Crippen molar-refractivity contribution in [2.45, 2.75) is 12.8 Å². The molecule has 2 aromatic heterocycles. The normalized spacial score (nSPS) is 14.4. The molecule has 0 unspecified atom stereocenters. The molecule has 4 aromatic rings. The lowest BCUT2D eigenvalue weighted by molar-refractivity contribution is 0.255. The number of aromatic nitrogens is 2. The first kappa shape index (κ1) is 21.9. The van der Waals surface area contributed by atoms with Gasteiger partial charge in [-0.1, -0.05) is 0 Å². The van der Waals surface area contributed by atoms with Gasteiger partial charge >= 0.3 is 0 Å². The molecule has 1 aliphatic rings. The van der Waals surface area contributed by atoms with Gasteiger partial charge in [0.15, 0.2) is 0 Å². The summed E-state index contributed by atoms with van der Waals surface area (Å²) in [6.07, 6.45) is 5.33. The molecule has 0 amide bonds. The highest BCUT2D eigenvalue weighted by Gasteiger charge is 2.17. The van der Waals surface area contributed by atoms with Crippen LogP contribution in [0.1, 0.15) is 17.5 Å². The van der Waals surface area contributed by atoms with E-state index in [1.54, 1.807) is 0 Å². The summed E-state index contributed by atoms with van der Waals surface area (Å²) in [5.74, 6) is -0.434. The molecule has 0 radical (unpaired) electrons. The summed E-state index contributed by atoms with van der Waals surface area (Å²) in [5, 5.41) is 10.3. The van der Waals surface area contributed by atoms with Crippen LogP contribution in [-0.2, 0) is 6.42 Å². The van der Waals surface area contributed by atoms with E-state index in [4.69, 9.17) is 5.26 Å². The van der Waals surface area contributed by atoms with Crippen LogP contribution in [0.4, 0.5) is 10.1 Å². The number of rotatable bonds is 6. The molecule has 1 N–H and O–H groups in total. The fraction of sp³-hybridized carbons (Fsp3) is 0.259. The summed E-state index contributed by atoms with van der Waals surface area (Å²) in [7, 11) is 0. The first-order valence-corrected chi connectivity index (χ1v) is 11.6. The standard InChI is InChI=1S/C27H26FN5O/c28-22-4-10-27(34)33(19-22)24-7-5-23(6-8-24)32-14-12-31(13-15-32)11-1-2-21-18-30-26-9-3-20(17-29)16-25(21)26/h3-10,16,18-19,30H,1-2,11-15H2. The predicted molar refractivity (Wildman–Crippen MR) is 132 cm³/mol. The van der Waals surface area contributed by atoms with Gasteiger partial charge in [0.05, 0.1) is 11.6 Å². The fourth-order valence-electron chi connectivity index (χ4n) is 4.66. The third-order valence-corrected chi connectivity index (χ3v) is 6.56. The maximum atomic E-state index is 13.5. The number of piperazine rings is 1. The van der Waals surface area contributed by atoms with Crippen LogP contribution in [0.5, 0.6) is 0 Å². The monoisotopic (exact) mass is 455 g/mol. The zero-order valence-electron chi connectivity index (χ0n) is 18.9. The van der Waals surface area contributed by atoms with E-state index in [2.05, 4.69) is 27.0 Å². The highest BCUT2D eigenvalue weighted by Crippen LogP contribution is 2.22. The third kappa shape index (κ3) is 4.59. The number of aryl methyl sites for hydroxylation is 1. The smallest absolute Gasteiger partial charge is 0.255 e. The number of nitriles is 1. The number of H-pyrrole nitrogens is 1. The molecule has 3 heterocycles. The van der Waals surface area contributed by atoms with Crippen molar-refractivity contribution >= 4 is 16.6 Å². The van der Waals surface area contributed by atoms with Crippen molar-refractivity contribution in [3.8, 4) is 11.8 Å². The van der Waals surface area contributed by atoms with Crippen LogP contribution in [0.2, 0.25) is 0 Å². The summed E-state index contributed by atoms with van der Waals surface area (Å²) in [5.41, 5.74) is 4.56. The number of hydrogen-bond acceptors (Lipinski definition) is 4. The lowest BCUT2D eigenvalue weighted by Gasteiger charge is -2.36. The number of nitrogens with zero attached hydrogens (tertiary/aromatic N) is 4. The maximum Gasteiger partial charge on any atom is 0.255 e. The van der Waals surface area contributed by atoms with E-state index in [9.17, 15) is 9.18 Å². The van der Waals surface area contributed by atoms with Gasteiger partial charge in [0.1, 0.15) is 5.82 Å². The number of pyridine rings is 1. The van der Waals surface area contributed by atoms with E-state index >= 15 is 0 Å². The first-order chi connectivity index (χ1) is 16.6. The molecule has 5 rings (SSSR count). The summed E-state index contributed by atoms with van der Waals surface area (Å²) in [4.78, 5) is 20.2. The number of hydrogen-bond donors (Lipinski definition) is 1. The topological polar surface area (TPSA) is 68.1 Å². The number of nitrogens with one attached hydrogen (secondary N) is 1. The molecule has 0 saturated carbocycles. The average Bonchev–Trinajstić information content (AvgIpc) is 3.28. The molecule has 1 aliphatic heterocycles. The van der Waals surface area contributed by atoms with Crippen molar-refractivity contribution in [2.75, 3.05) is 37.6 Å². The Hall–Kier alpha value is -3.89. The fourth-order valence-corrected chi connectivity index (χ4v) is 4.66. The van der Waals surface area contributed by atoms with Gasteiger partial charge in [-0.15, -0.1) is 0 Å². The Morgan fingerprint density at radius 2 is 1.74 bits per heavy atom. The largest absolute Gasteiger partial charge is 0.369 e. The number of fused-ring (bicyclic) bond motifs is 1. The molecular weight excluding hydrogens is 429 g/mol. The van der Waals surface area contributed by atoms with Crippen LogP contribution >= 0.6 is 0 Å². The van der Waals surface area contributed by atoms with E-state index in [1.807, 2.05) is 42.5 Å². The molecule has 6 nitrogen and oxygen atoms in total. The van der Waals surface area contributed by atoms with Crippen LogP contribution < -0.4 is 10.5 Å². The predicted octanol–water partition coefficient (Wildman–Crippen LogP) is 4.08. The van der Waals surface area contributed by atoms with Gasteiger partial charge in [0, 0.05) is 66.9 Å². The molecule has 2 aromatic carbocycles. The Kier molecular flexibility index (Phi) is 6.15. The Bertz CT molecular complexity index is 1390. The van der Waals surface area contributed by atoms with Gasteiger partial charge < -0.3 is 9.88 Å². The summed E-state index contributed by atoms with van der Waals surface area (Å²) < 4.78 is 14.8. The van der Waals surface area contributed by atoms with E-state index < -0.39 is 5.82 Å². The van der Waals surface area contributed by atoms with Crippen molar-refractivity contribution in [3.05, 3.63) is 94.3 Å². The van der Waals surface area contributed by atoms with Crippen molar-refractivity contribution in [1.29, 1.82) is 5.26 Å². The van der Waals surface area contributed by atoms with E-state index in [-0.39, 0.29) is 5.56 Å². The number of aromatic amines is 1. The van der Waals surface area contributed by atoms with E-state index in [0.717, 1.165) is 62.2 Å². The summed E-state index contributed by atoms with van der Waals surface area (Å²) >= 11 is 0. The van der Waals surface area contributed by atoms with Gasteiger partial charge in [-0.2, -0.15) is 5.26 Å². The minimum absolute atomic E-state index is 0.249. The molecule has 1 saturated heterocycles. The molecular formula is C27H26FN5O. The molecule has 172 valence electrons. The summed E-state index contributed by atoms with van der Waals surface area (Å²) in [6, 6.07) is 18.1. The van der Waals surface area contributed by atoms with Crippen LogP contribution in [-0.4, -0.2) is 47.2 Å². The van der Waals surface area contributed by atoms with Crippen LogP contribution in [0.3, 0.4) is 0 Å². The molecule has 7 heteroatoms. The van der Waals surface area contributed by atoms with Crippen molar-refractivity contribution in [3.63, 3.8) is 0 Å². The molecule has 0 aliphatic carbocycles. The molecule has 34 heavy (non-hydrogen) atoms. The van der Waals surface area contributed by atoms with Crippen LogP contribution in [0.15, 0.2) is 71.8 Å². The zero-order valence-corrected chi connectivity index (χ0v) is 18.9. The number of anilines is 1. The molecule has 1 fully saturated rings. The second-order valence-electron chi connectivity index (χ2n) is 8.69. The second kappa shape index (κ2) is 9.54. The molecule has 0 bridgehead atoms. The van der Waals surface area contributed by atoms with Gasteiger partial charge in [-0.25, -0.2) is 4.39 Å². The first-order valence-electron chi connectivity index (χ1n) is 11.6. The Balaban J connectivity index is 1.14. The lowest BCUT2D eigenvalue weighted by atomic mass is 10.1. The van der Waals surface area contributed by atoms with E-state index in [1.165, 1.54) is 28.5 Å². The highest BCUT2D eigenvalue weighted by molar-refractivity contribution is 5.84. The van der Waals surface area contributed by atoms with Gasteiger partial charge in [0.25, 0.3) is 5.56 Å². The zero-order chi connectivity index (χ0) is 23.5. The lowest BCUT2D eigenvalue weighted by Crippen LogP contribution is -2.46. The number of benzene rings is 2. The Morgan fingerprint density at radius 1 is 0.971 bits per heavy atom. The van der Waals surface area contributed by atoms with Crippen LogP contribution in [0.25, 0.3) is 16.6 Å². The van der Waals surface area contributed by atoms with Gasteiger partial charge in [0.2, 0.25) is 0 Å². The molecule has 0 spiro atoms.